The van der Waals surface area contributed by atoms with E-state index in [0.717, 1.165) is 12.1 Å². The number of nitrogens with one attached hydrogen (secondary N) is 3. The number of H-pyrrole nitrogens is 2. The Bertz CT molecular complexity index is 1450. The number of aromatic amines is 2. The van der Waals surface area contributed by atoms with E-state index in [9.17, 15) is 18.0 Å². The molecule has 1 aromatic carbocycles. The minimum absolute atomic E-state index is 0.146. The first-order valence-electron chi connectivity index (χ1n) is 9.28. The molecule has 0 spiro atoms. The van der Waals surface area contributed by atoms with Gasteiger partial charge in [-0.1, -0.05) is 5.16 Å². The van der Waals surface area contributed by atoms with Gasteiger partial charge >= 0.3 is 6.18 Å². The standard InChI is InChI=1S/C19H13F3N8O2/c1-8(26-18(31)15-10-6-25-29-16(10)24-7-23-15)14-5-13(30-32-14)17-27-11-3-2-9(19(20,21)22)4-12(11)28-17/h2-8H,1H3,(H,26,31)(H,27,28)(H,23,24,25,29)/t8-/m0/s1. The van der Waals surface area contributed by atoms with E-state index in [1.807, 2.05) is 0 Å². The average Bonchev–Trinajstić information content (AvgIpc) is 3.50. The van der Waals surface area contributed by atoms with E-state index in [1.54, 1.807) is 13.0 Å². The van der Waals surface area contributed by atoms with Crippen molar-refractivity contribution in [3.8, 4) is 11.5 Å². The normalized spacial score (nSPS) is 13.0. The molecule has 0 radical (unpaired) electrons. The summed E-state index contributed by atoms with van der Waals surface area (Å²) < 4.78 is 44.1. The van der Waals surface area contributed by atoms with E-state index in [0.29, 0.717) is 22.3 Å². The molecular formula is C19H13F3N8O2. The number of imidazole rings is 1. The molecule has 1 amide bonds. The Morgan fingerprint density at radius 2 is 2.06 bits per heavy atom. The lowest BCUT2D eigenvalue weighted by atomic mass is 10.2. The number of hydrogen-bond acceptors (Lipinski definition) is 7. The van der Waals surface area contributed by atoms with E-state index in [-0.39, 0.29) is 22.7 Å². The highest BCUT2D eigenvalue weighted by atomic mass is 19.4. The van der Waals surface area contributed by atoms with Crippen molar-refractivity contribution in [1.82, 2.24) is 40.6 Å². The van der Waals surface area contributed by atoms with Gasteiger partial charge in [0.2, 0.25) is 0 Å². The van der Waals surface area contributed by atoms with Crippen LogP contribution >= 0.6 is 0 Å². The molecule has 3 N–H and O–H groups in total. The van der Waals surface area contributed by atoms with E-state index in [1.165, 1.54) is 18.6 Å². The number of halogens is 3. The molecule has 0 aliphatic carbocycles. The summed E-state index contributed by atoms with van der Waals surface area (Å²) in [7, 11) is 0. The number of fused-ring (bicyclic) bond motifs is 2. The van der Waals surface area contributed by atoms with Crippen LogP contribution in [0.3, 0.4) is 0 Å². The maximum absolute atomic E-state index is 12.9. The number of hydrogen-bond donors (Lipinski definition) is 3. The molecule has 13 heteroatoms. The van der Waals surface area contributed by atoms with Crippen molar-refractivity contribution in [2.24, 2.45) is 0 Å². The van der Waals surface area contributed by atoms with Crippen molar-refractivity contribution in [1.29, 1.82) is 0 Å². The van der Waals surface area contributed by atoms with Gasteiger partial charge < -0.3 is 14.8 Å². The number of rotatable bonds is 4. The van der Waals surface area contributed by atoms with E-state index < -0.39 is 23.7 Å². The third-order valence-electron chi connectivity index (χ3n) is 4.82. The lowest BCUT2D eigenvalue weighted by Crippen LogP contribution is -2.27. The smallest absolute Gasteiger partial charge is 0.358 e. The second-order valence-corrected chi connectivity index (χ2v) is 6.98. The summed E-state index contributed by atoms with van der Waals surface area (Å²) in [5.74, 6) is 0.0960. The fraction of sp³-hybridized carbons (Fsp3) is 0.158. The lowest BCUT2D eigenvalue weighted by molar-refractivity contribution is -0.137. The highest BCUT2D eigenvalue weighted by Crippen LogP contribution is 2.32. The summed E-state index contributed by atoms with van der Waals surface area (Å²) in [6.45, 7) is 1.68. The van der Waals surface area contributed by atoms with Gasteiger partial charge in [0.05, 0.1) is 34.2 Å². The first-order valence-corrected chi connectivity index (χ1v) is 9.28. The Kier molecular flexibility index (Phi) is 4.39. The van der Waals surface area contributed by atoms with Crippen LogP contribution in [0, 0.1) is 0 Å². The molecule has 5 aromatic rings. The highest BCUT2D eigenvalue weighted by Gasteiger charge is 2.31. The van der Waals surface area contributed by atoms with Crippen molar-refractivity contribution in [2.45, 2.75) is 19.1 Å². The lowest BCUT2D eigenvalue weighted by Gasteiger charge is -2.10. The number of nitrogens with zero attached hydrogens (tertiary/aromatic N) is 5. The molecule has 10 nitrogen and oxygen atoms in total. The van der Waals surface area contributed by atoms with Crippen LogP contribution in [0.4, 0.5) is 13.2 Å². The van der Waals surface area contributed by atoms with Gasteiger partial charge in [0.1, 0.15) is 17.7 Å². The summed E-state index contributed by atoms with van der Waals surface area (Å²) in [5.41, 5.74) is 0.644. The predicted octanol–water partition coefficient (Wildman–Crippen LogP) is 3.39. The second-order valence-electron chi connectivity index (χ2n) is 6.98. The maximum Gasteiger partial charge on any atom is 0.416 e. The van der Waals surface area contributed by atoms with Gasteiger partial charge in [-0.05, 0) is 25.1 Å². The number of carbonyl (C=O) groups excluding carboxylic acids is 1. The number of alkyl halides is 3. The molecule has 0 saturated heterocycles. The van der Waals surface area contributed by atoms with Crippen LogP contribution in [0.5, 0.6) is 0 Å². The Labute approximate surface area is 176 Å². The molecule has 5 rings (SSSR count). The van der Waals surface area contributed by atoms with Crippen LogP contribution in [-0.2, 0) is 6.18 Å². The van der Waals surface area contributed by atoms with Gasteiger partial charge in [0, 0.05) is 6.07 Å². The zero-order chi connectivity index (χ0) is 22.5. The molecule has 162 valence electrons. The molecule has 0 aliphatic rings. The van der Waals surface area contributed by atoms with Gasteiger partial charge in [-0.3, -0.25) is 9.89 Å². The van der Waals surface area contributed by atoms with E-state index in [4.69, 9.17) is 4.52 Å². The van der Waals surface area contributed by atoms with Crippen molar-refractivity contribution in [3.63, 3.8) is 0 Å². The summed E-state index contributed by atoms with van der Waals surface area (Å²) in [4.78, 5) is 27.7. The Hall–Kier alpha value is -4.29. The molecule has 0 unspecified atom stereocenters. The van der Waals surface area contributed by atoms with Crippen LogP contribution in [0.15, 0.2) is 41.3 Å². The summed E-state index contributed by atoms with van der Waals surface area (Å²) in [6, 6.07) is 4.18. The number of carbonyl (C=O) groups is 1. The quantitative estimate of drug-likeness (QED) is 0.388. The fourth-order valence-corrected chi connectivity index (χ4v) is 3.19. The SMILES string of the molecule is C[C@H](NC(=O)c1ncnc2[nH]ncc12)c1cc(-c2nc3ccc(C(F)(F)F)cc3[nH]2)no1. The van der Waals surface area contributed by atoms with E-state index >= 15 is 0 Å². The van der Waals surface area contributed by atoms with Crippen LogP contribution in [0.1, 0.15) is 34.8 Å². The third kappa shape index (κ3) is 3.42. The predicted molar refractivity (Wildman–Crippen MR) is 104 cm³/mol. The Morgan fingerprint density at radius 1 is 1.22 bits per heavy atom. The van der Waals surface area contributed by atoms with Gasteiger partial charge in [0.25, 0.3) is 5.91 Å². The van der Waals surface area contributed by atoms with E-state index in [2.05, 4.69) is 40.6 Å². The highest BCUT2D eigenvalue weighted by molar-refractivity contribution is 6.03. The zero-order valence-electron chi connectivity index (χ0n) is 16.2. The molecule has 1 atom stereocenters. The van der Waals surface area contributed by atoms with Gasteiger partial charge in [-0.25, -0.2) is 15.0 Å². The van der Waals surface area contributed by atoms with Crippen LogP contribution in [0.25, 0.3) is 33.6 Å². The van der Waals surface area contributed by atoms with Crippen molar-refractivity contribution in [3.05, 3.63) is 53.8 Å². The molecule has 0 fully saturated rings. The molecular weight excluding hydrogens is 429 g/mol. The van der Waals surface area contributed by atoms with Crippen molar-refractivity contribution in [2.75, 3.05) is 0 Å². The van der Waals surface area contributed by atoms with Gasteiger partial charge in [-0.2, -0.15) is 18.3 Å². The molecule has 4 aromatic heterocycles. The van der Waals surface area contributed by atoms with Crippen LogP contribution in [0.2, 0.25) is 0 Å². The first-order chi connectivity index (χ1) is 15.3. The average molecular weight is 442 g/mol. The number of aromatic nitrogens is 7. The zero-order valence-corrected chi connectivity index (χ0v) is 16.2. The van der Waals surface area contributed by atoms with Crippen LogP contribution in [-0.4, -0.2) is 41.2 Å². The summed E-state index contributed by atoms with van der Waals surface area (Å²) >= 11 is 0. The second kappa shape index (κ2) is 7.14. The molecule has 0 bridgehead atoms. The van der Waals surface area contributed by atoms with Gasteiger partial charge in [0.15, 0.2) is 17.2 Å². The van der Waals surface area contributed by atoms with Crippen LogP contribution < -0.4 is 5.32 Å². The molecule has 32 heavy (non-hydrogen) atoms. The summed E-state index contributed by atoms with van der Waals surface area (Å²) in [6.07, 6.45) is -1.76. The minimum Gasteiger partial charge on any atom is -0.358 e. The fourth-order valence-electron chi connectivity index (χ4n) is 3.19. The topological polar surface area (TPSA) is 138 Å². The van der Waals surface area contributed by atoms with Crippen molar-refractivity contribution < 1.29 is 22.5 Å². The third-order valence-corrected chi connectivity index (χ3v) is 4.82. The molecule has 4 heterocycles. The Morgan fingerprint density at radius 3 is 2.88 bits per heavy atom. The van der Waals surface area contributed by atoms with Gasteiger partial charge in [-0.15, -0.1) is 0 Å². The number of amides is 1. The first kappa shape index (κ1) is 19.7. The number of benzene rings is 1. The minimum atomic E-state index is -4.46. The monoisotopic (exact) mass is 442 g/mol. The maximum atomic E-state index is 12.9. The van der Waals surface area contributed by atoms with Crippen molar-refractivity contribution >= 4 is 28.0 Å². The molecule has 0 aliphatic heterocycles. The largest absolute Gasteiger partial charge is 0.416 e. The molecule has 0 saturated carbocycles. The summed E-state index contributed by atoms with van der Waals surface area (Å²) in [5, 5.41) is 13.6. The Balaban J connectivity index is 1.37.